The summed E-state index contributed by atoms with van der Waals surface area (Å²) in [5, 5.41) is 3.41. The number of amides is 1. The van der Waals surface area contributed by atoms with Gasteiger partial charge in [0.1, 0.15) is 0 Å². The summed E-state index contributed by atoms with van der Waals surface area (Å²) in [5.41, 5.74) is 6.98. The fourth-order valence-corrected chi connectivity index (χ4v) is 1.85. The van der Waals surface area contributed by atoms with Crippen LogP contribution in [0.1, 0.15) is 34.8 Å². The number of rotatable bonds is 2. The van der Waals surface area contributed by atoms with Gasteiger partial charge in [-0.3, -0.25) is 4.79 Å². The van der Waals surface area contributed by atoms with Crippen LogP contribution in [0.25, 0.3) is 0 Å². The number of benzene rings is 1. The van der Waals surface area contributed by atoms with Crippen molar-refractivity contribution in [3.63, 3.8) is 0 Å². The number of nitrogens with two attached hydrogens (primary N) is 1. The third-order valence-corrected chi connectivity index (χ3v) is 2.66. The molecule has 0 aliphatic carbocycles. The van der Waals surface area contributed by atoms with E-state index in [9.17, 15) is 4.79 Å². The number of carbonyl (C=O) groups is 1. The van der Waals surface area contributed by atoms with Gasteiger partial charge >= 0.3 is 0 Å². The van der Waals surface area contributed by atoms with Crippen LogP contribution in [0.5, 0.6) is 0 Å². The van der Waals surface area contributed by atoms with Gasteiger partial charge in [-0.15, -0.1) is 0 Å². The topological polar surface area (TPSA) is 55.1 Å². The van der Waals surface area contributed by atoms with Crippen LogP contribution in [0.15, 0.2) is 24.3 Å². The predicted octanol–water partition coefficient (Wildman–Crippen LogP) is 1.21. The summed E-state index contributed by atoms with van der Waals surface area (Å²) in [6.45, 7) is 1.09. The minimum absolute atomic E-state index is 0.365. The molecule has 1 atom stereocenters. The third-order valence-electron chi connectivity index (χ3n) is 2.66. The van der Waals surface area contributed by atoms with E-state index >= 15 is 0 Å². The van der Waals surface area contributed by atoms with Crippen molar-refractivity contribution in [3.05, 3.63) is 35.4 Å². The van der Waals surface area contributed by atoms with Gasteiger partial charge in [0, 0.05) is 11.6 Å². The largest absolute Gasteiger partial charge is 0.366 e. The van der Waals surface area contributed by atoms with Gasteiger partial charge in [-0.25, -0.2) is 0 Å². The lowest BCUT2D eigenvalue weighted by atomic mass is 10.0. The van der Waals surface area contributed by atoms with Crippen molar-refractivity contribution >= 4 is 5.91 Å². The smallest absolute Gasteiger partial charge is 0.248 e. The van der Waals surface area contributed by atoms with Gasteiger partial charge in [-0.1, -0.05) is 12.1 Å². The summed E-state index contributed by atoms with van der Waals surface area (Å²) in [4.78, 5) is 10.8. The molecule has 3 N–H and O–H groups in total. The zero-order valence-electron chi connectivity index (χ0n) is 7.99. The highest BCUT2D eigenvalue weighted by Gasteiger charge is 2.15. The maximum Gasteiger partial charge on any atom is 0.248 e. The summed E-state index contributed by atoms with van der Waals surface area (Å²) in [5.74, 6) is -0.365. The Kier molecular flexibility index (Phi) is 2.50. The summed E-state index contributed by atoms with van der Waals surface area (Å²) in [7, 11) is 0. The molecule has 74 valence electrons. The second-order valence-corrected chi connectivity index (χ2v) is 3.64. The molecule has 0 saturated carbocycles. The fourth-order valence-electron chi connectivity index (χ4n) is 1.85. The van der Waals surface area contributed by atoms with Crippen LogP contribution in [0.2, 0.25) is 0 Å². The zero-order chi connectivity index (χ0) is 9.97. The molecule has 0 bridgehead atoms. The Hall–Kier alpha value is -1.35. The zero-order valence-corrected chi connectivity index (χ0v) is 7.99. The SMILES string of the molecule is NC(=O)c1ccc([C@@H]2CCCN2)cc1. The molecule has 1 amide bonds. The Morgan fingerprint density at radius 1 is 1.36 bits per heavy atom. The predicted molar refractivity (Wildman–Crippen MR) is 54.9 cm³/mol. The number of primary amides is 1. The molecule has 1 aromatic rings. The lowest BCUT2D eigenvalue weighted by Gasteiger charge is -2.10. The van der Waals surface area contributed by atoms with Crippen molar-refractivity contribution in [2.45, 2.75) is 18.9 Å². The number of hydrogen-bond donors (Lipinski definition) is 2. The second-order valence-electron chi connectivity index (χ2n) is 3.64. The summed E-state index contributed by atoms with van der Waals surface area (Å²) < 4.78 is 0. The molecule has 0 radical (unpaired) electrons. The van der Waals surface area contributed by atoms with Gasteiger partial charge in [0.15, 0.2) is 0 Å². The molecule has 1 saturated heterocycles. The van der Waals surface area contributed by atoms with Gasteiger partial charge in [-0.05, 0) is 37.1 Å². The molecule has 0 unspecified atom stereocenters. The molecule has 3 nitrogen and oxygen atoms in total. The van der Waals surface area contributed by atoms with Crippen molar-refractivity contribution in [2.75, 3.05) is 6.54 Å². The Bertz CT molecular complexity index is 326. The van der Waals surface area contributed by atoms with Crippen LogP contribution >= 0.6 is 0 Å². The molecular weight excluding hydrogens is 176 g/mol. The minimum atomic E-state index is -0.365. The first kappa shape index (κ1) is 9.21. The maximum absolute atomic E-state index is 10.8. The van der Waals surface area contributed by atoms with Gasteiger partial charge in [0.25, 0.3) is 0 Å². The molecule has 0 spiro atoms. The van der Waals surface area contributed by atoms with Gasteiger partial charge < -0.3 is 11.1 Å². The monoisotopic (exact) mass is 190 g/mol. The van der Waals surface area contributed by atoms with Crippen LogP contribution in [0, 0.1) is 0 Å². The molecule has 14 heavy (non-hydrogen) atoms. The van der Waals surface area contributed by atoms with Crippen molar-refractivity contribution in [1.29, 1.82) is 0 Å². The average molecular weight is 190 g/mol. The van der Waals surface area contributed by atoms with E-state index in [2.05, 4.69) is 5.32 Å². The van der Waals surface area contributed by atoms with Gasteiger partial charge in [0.2, 0.25) is 5.91 Å². The lowest BCUT2D eigenvalue weighted by molar-refractivity contribution is 0.100. The van der Waals surface area contributed by atoms with Crippen LogP contribution in [-0.2, 0) is 0 Å². The van der Waals surface area contributed by atoms with E-state index in [4.69, 9.17) is 5.73 Å². The van der Waals surface area contributed by atoms with E-state index < -0.39 is 0 Å². The van der Waals surface area contributed by atoms with Crippen molar-refractivity contribution < 1.29 is 4.79 Å². The highest BCUT2D eigenvalue weighted by atomic mass is 16.1. The van der Waals surface area contributed by atoms with Gasteiger partial charge in [-0.2, -0.15) is 0 Å². The molecule has 1 aromatic carbocycles. The van der Waals surface area contributed by atoms with Gasteiger partial charge in [0.05, 0.1) is 0 Å². The summed E-state index contributed by atoms with van der Waals surface area (Å²) >= 11 is 0. The summed E-state index contributed by atoms with van der Waals surface area (Å²) in [6, 6.07) is 7.98. The van der Waals surface area contributed by atoms with Crippen molar-refractivity contribution in [3.8, 4) is 0 Å². The lowest BCUT2D eigenvalue weighted by Crippen LogP contribution is -2.14. The van der Waals surface area contributed by atoms with Crippen LogP contribution < -0.4 is 11.1 Å². The maximum atomic E-state index is 10.8. The van der Waals surface area contributed by atoms with Crippen LogP contribution in [0.4, 0.5) is 0 Å². The first-order chi connectivity index (χ1) is 6.77. The van der Waals surface area contributed by atoms with E-state index in [1.54, 1.807) is 12.1 Å². The third kappa shape index (κ3) is 1.77. The normalized spacial score (nSPS) is 21.0. The second kappa shape index (κ2) is 3.80. The molecule has 1 fully saturated rings. The van der Waals surface area contributed by atoms with Crippen LogP contribution in [-0.4, -0.2) is 12.5 Å². The first-order valence-corrected chi connectivity index (χ1v) is 4.90. The van der Waals surface area contributed by atoms with E-state index in [0.29, 0.717) is 11.6 Å². The van der Waals surface area contributed by atoms with E-state index in [1.165, 1.54) is 18.4 Å². The summed E-state index contributed by atoms with van der Waals surface area (Å²) in [6.07, 6.45) is 2.40. The Morgan fingerprint density at radius 3 is 2.57 bits per heavy atom. The van der Waals surface area contributed by atoms with Crippen molar-refractivity contribution in [2.24, 2.45) is 5.73 Å². The van der Waals surface area contributed by atoms with Crippen LogP contribution in [0.3, 0.4) is 0 Å². The molecule has 0 aromatic heterocycles. The Labute approximate surface area is 83.3 Å². The molecule has 3 heteroatoms. The number of nitrogens with one attached hydrogen (secondary N) is 1. The minimum Gasteiger partial charge on any atom is -0.366 e. The molecule has 1 heterocycles. The molecule has 1 aliphatic heterocycles. The number of hydrogen-bond acceptors (Lipinski definition) is 2. The molecule has 1 aliphatic rings. The fraction of sp³-hybridized carbons (Fsp3) is 0.364. The number of carbonyl (C=O) groups excluding carboxylic acids is 1. The molecular formula is C11H14N2O. The Balaban J connectivity index is 2.16. The highest BCUT2D eigenvalue weighted by molar-refractivity contribution is 5.92. The quantitative estimate of drug-likeness (QED) is 0.736. The van der Waals surface area contributed by atoms with Crippen molar-refractivity contribution in [1.82, 2.24) is 5.32 Å². The van der Waals surface area contributed by atoms with E-state index in [0.717, 1.165) is 6.54 Å². The van der Waals surface area contributed by atoms with E-state index in [1.807, 2.05) is 12.1 Å². The highest BCUT2D eigenvalue weighted by Crippen LogP contribution is 2.22. The molecule has 2 rings (SSSR count). The first-order valence-electron chi connectivity index (χ1n) is 4.90. The average Bonchev–Trinajstić information content (AvgIpc) is 2.71. The standard InChI is InChI=1S/C11H14N2O/c12-11(14)9-5-3-8(4-6-9)10-2-1-7-13-10/h3-6,10,13H,1-2,7H2,(H2,12,14)/t10-/m0/s1. The van der Waals surface area contributed by atoms with E-state index in [-0.39, 0.29) is 5.91 Å². The Morgan fingerprint density at radius 2 is 2.07 bits per heavy atom.